The third-order valence-electron chi connectivity index (χ3n) is 1.55. The van der Waals surface area contributed by atoms with Gasteiger partial charge in [0.15, 0.2) is 0 Å². The molecule has 0 aliphatic rings. The molecule has 0 saturated carbocycles. The fourth-order valence-corrected chi connectivity index (χ4v) is 0.912. The van der Waals surface area contributed by atoms with E-state index in [2.05, 4.69) is 0 Å². The highest BCUT2D eigenvalue weighted by molar-refractivity contribution is 5.65. The van der Waals surface area contributed by atoms with Gasteiger partial charge in [0.05, 0.1) is 11.0 Å². The zero-order valence-electron chi connectivity index (χ0n) is 6.44. The van der Waals surface area contributed by atoms with Crippen molar-refractivity contribution in [2.75, 3.05) is 5.73 Å². The minimum absolute atomic E-state index is 0.0952. The first-order valence-electron chi connectivity index (χ1n) is 3.26. The van der Waals surface area contributed by atoms with E-state index in [0.717, 1.165) is 6.07 Å². The van der Waals surface area contributed by atoms with Gasteiger partial charge in [-0.05, 0) is 18.6 Å². The van der Waals surface area contributed by atoms with Gasteiger partial charge >= 0.3 is 0 Å². The molecule has 5 heteroatoms. The molecule has 0 unspecified atom stereocenters. The van der Waals surface area contributed by atoms with Gasteiger partial charge in [0.25, 0.3) is 5.69 Å². The summed E-state index contributed by atoms with van der Waals surface area (Å²) < 4.78 is 0. The summed E-state index contributed by atoms with van der Waals surface area (Å²) in [6.45, 7) is 1.60. The number of aromatic hydroxyl groups is 1. The molecule has 1 aromatic carbocycles. The van der Waals surface area contributed by atoms with Crippen molar-refractivity contribution in [1.29, 1.82) is 0 Å². The fourth-order valence-electron chi connectivity index (χ4n) is 0.912. The molecule has 0 aliphatic carbocycles. The molecule has 0 heterocycles. The van der Waals surface area contributed by atoms with Crippen LogP contribution in [0.2, 0.25) is 0 Å². The minimum atomic E-state index is -0.623. The van der Waals surface area contributed by atoms with Gasteiger partial charge < -0.3 is 10.8 Å². The maximum atomic E-state index is 10.3. The van der Waals surface area contributed by atoms with Crippen LogP contribution in [0.1, 0.15) is 5.56 Å². The normalized spacial score (nSPS) is 9.75. The summed E-state index contributed by atoms with van der Waals surface area (Å²) in [7, 11) is 0. The number of nitro benzene ring substituents is 1. The molecule has 0 bridgehead atoms. The maximum Gasteiger partial charge on any atom is 0.296 e. The summed E-state index contributed by atoms with van der Waals surface area (Å²) >= 11 is 0. The Morgan fingerprint density at radius 3 is 2.67 bits per heavy atom. The molecule has 12 heavy (non-hydrogen) atoms. The van der Waals surface area contributed by atoms with Crippen molar-refractivity contribution < 1.29 is 10.0 Å². The SMILES string of the molecule is Cc1cc(O)cc([N+](=O)[O-])c1N. The summed E-state index contributed by atoms with van der Waals surface area (Å²) in [5, 5.41) is 19.3. The zero-order chi connectivity index (χ0) is 9.30. The van der Waals surface area contributed by atoms with E-state index in [0.29, 0.717) is 5.56 Å². The molecular formula is C7H8N2O3. The van der Waals surface area contributed by atoms with Gasteiger partial charge in [0.1, 0.15) is 11.4 Å². The first-order chi connectivity index (χ1) is 5.52. The Kier molecular flexibility index (Phi) is 1.86. The van der Waals surface area contributed by atoms with Gasteiger partial charge in [0, 0.05) is 0 Å². The molecule has 64 valence electrons. The number of nitro groups is 1. The number of nitrogens with zero attached hydrogens (tertiary/aromatic N) is 1. The van der Waals surface area contributed by atoms with Gasteiger partial charge in [-0.3, -0.25) is 10.1 Å². The van der Waals surface area contributed by atoms with Crippen molar-refractivity contribution >= 4 is 11.4 Å². The Labute approximate surface area is 68.6 Å². The van der Waals surface area contributed by atoms with Crippen molar-refractivity contribution in [1.82, 2.24) is 0 Å². The molecule has 0 atom stereocenters. The van der Waals surface area contributed by atoms with Gasteiger partial charge in [-0.15, -0.1) is 0 Å². The molecule has 0 aliphatic heterocycles. The van der Waals surface area contributed by atoms with Crippen molar-refractivity contribution in [3.05, 3.63) is 27.8 Å². The monoisotopic (exact) mass is 168 g/mol. The molecular weight excluding hydrogens is 160 g/mol. The number of phenolic OH excluding ortho intramolecular Hbond substituents is 1. The molecule has 1 aromatic rings. The number of aryl methyl sites for hydroxylation is 1. The van der Waals surface area contributed by atoms with Crippen LogP contribution in [0.15, 0.2) is 12.1 Å². The molecule has 0 saturated heterocycles. The first kappa shape index (κ1) is 8.32. The van der Waals surface area contributed by atoms with Gasteiger partial charge in [-0.1, -0.05) is 0 Å². The van der Waals surface area contributed by atoms with E-state index in [1.807, 2.05) is 0 Å². The van der Waals surface area contributed by atoms with Crippen molar-refractivity contribution in [2.45, 2.75) is 6.92 Å². The van der Waals surface area contributed by atoms with Gasteiger partial charge in [-0.2, -0.15) is 0 Å². The molecule has 0 radical (unpaired) electrons. The highest BCUT2D eigenvalue weighted by Crippen LogP contribution is 2.29. The summed E-state index contributed by atoms with van der Waals surface area (Å²) in [5.74, 6) is -0.145. The number of rotatable bonds is 1. The van der Waals surface area contributed by atoms with E-state index in [4.69, 9.17) is 10.8 Å². The van der Waals surface area contributed by atoms with E-state index < -0.39 is 4.92 Å². The quantitative estimate of drug-likeness (QED) is 0.285. The Balaban J connectivity index is 3.37. The van der Waals surface area contributed by atoms with E-state index >= 15 is 0 Å². The molecule has 5 nitrogen and oxygen atoms in total. The Hall–Kier alpha value is -1.78. The van der Waals surface area contributed by atoms with Crippen LogP contribution >= 0.6 is 0 Å². The molecule has 0 spiro atoms. The fraction of sp³-hybridized carbons (Fsp3) is 0.143. The van der Waals surface area contributed by atoms with Crippen LogP contribution in [-0.4, -0.2) is 10.0 Å². The lowest BCUT2D eigenvalue weighted by Crippen LogP contribution is -1.97. The van der Waals surface area contributed by atoms with Crippen LogP contribution in [0.4, 0.5) is 11.4 Å². The number of benzene rings is 1. The minimum Gasteiger partial charge on any atom is -0.508 e. The lowest BCUT2D eigenvalue weighted by molar-refractivity contribution is -0.384. The van der Waals surface area contributed by atoms with Crippen molar-refractivity contribution in [3.63, 3.8) is 0 Å². The first-order valence-corrected chi connectivity index (χ1v) is 3.26. The summed E-state index contributed by atoms with van der Waals surface area (Å²) in [5.41, 5.74) is 5.74. The van der Waals surface area contributed by atoms with Crippen LogP contribution < -0.4 is 5.73 Å². The highest BCUT2D eigenvalue weighted by atomic mass is 16.6. The predicted molar refractivity (Wildman–Crippen MR) is 43.9 cm³/mol. The molecule has 1 rings (SSSR count). The van der Waals surface area contributed by atoms with E-state index in [1.54, 1.807) is 6.92 Å². The third-order valence-corrected chi connectivity index (χ3v) is 1.55. The zero-order valence-corrected chi connectivity index (χ0v) is 6.44. The van der Waals surface area contributed by atoms with Crippen LogP contribution in [0.3, 0.4) is 0 Å². The highest BCUT2D eigenvalue weighted by Gasteiger charge is 2.14. The van der Waals surface area contributed by atoms with Crippen molar-refractivity contribution in [3.8, 4) is 5.75 Å². The number of hydrogen-bond acceptors (Lipinski definition) is 4. The lowest BCUT2D eigenvalue weighted by atomic mass is 10.1. The van der Waals surface area contributed by atoms with Crippen LogP contribution in [0.25, 0.3) is 0 Å². The molecule has 0 fully saturated rings. The van der Waals surface area contributed by atoms with Crippen LogP contribution in [0, 0.1) is 17.0 Å². The Morgan fingerprint density at radius 1 is 1.58 bits per heavy atom. The second-order valence-corrected chi connectivity index (χ2v) is 2.45. The van der Waals surface area contributed by atoms with E-state index in [1.165, 1.54) is 6.07 Å². The van der Waals surface area contributed by atoms with Crippen molar-refractivity contribution in [2.24, 2.45) is 0 Å². The summed E-state index contributed by atoms with van der Waals surface area (Å²) in [4.78, 5) is 9.72. The van der Waals surface area contributed by atoms with Crippen LogP contribution in [0.5, 0.6) is 5.75 Å². The number of phenols is 1. The third kappa shape index (κ3) is 1.29. The average Bonchev–Trinajstić information content (AvgIpc) is 1.96. The molecule has 0 aromatic heterocycles. The smallest absolute Gasteiger partial charge is 0.296 e. The Morgan fingerprint density at radius 2 is 2.17 bits per heavy atom. The van der Waals surface area contributed by atoms with Gasteiger partial charge in [-0.25, -0.2) is 0 Å². The summed E-state index contributed by atoms with van der Waals surface area (Å²) in [6.07, 6.45) is 0. The molecule has 3 N–H and O–H groups in total. The second-order valence-electron chi connectivity index (χ2n) is 2.45. The van der Waals surface area contributed by atoms with Gasteiger partial charge in [0.2, 0.25) is 0 Å². The largest absolute Gasteiger partial charge is 0.508 e. The number of hydrogen-bond donors (Lipinski definition) is 2. The maximum absolute atomic E-state index is 10.3. The number of nitrogens with two attached hydrogens (primary N) is 1. The van der Waals surface area contributed by atoms with E-state index in [9.17, 15) is 10.1 Å². The number of nitrogen functional groups attached to an aromatic ring is 1. The number of anilines is 1. The lowest BCUT2D eigenvalue weighted by Gasteiger charge is -2.01. The Bertz CT molecular complexity index is 336. The van der Waals surface area contributed by atoms with Crippen LogP contribution in [-0.2, 0) is 0 Å². The summed E-state index contributed by atoms with van der Waals surface area (Å²) in [6, 6.07) is 2.41. The second kappa shape index (κ2) is 2.69. The standard InChI is InChI=1S/C7H8N2O3/c1-4-2-5(10)3-6(7(4)8)9(11)12/h2-3,10H,8H2,1H3. The topological polar surface area (TPSA) is 89.4 Å². The molecule has 0 amide bonds. The average molecular weight is 168 g/mol. The van der Waals surface area contributed by atoms with E-state index in [-0.39, 0.29) is 17.1 Å². The predicted octanol–water partition coefficient (Wildman–Crippen LogP) is 1.19.